The summed E-state index contributed by atoms with van der Waals surface area (Å²) in [5.41, 5.74) is 2.46. The van der Waals surface area contributed by atoms with Crippen molar-refractivity contribution in [2.45, 2.75) is 26.4 Å². The van der Waals surface area contributed by atoms with Gasteiger partial charge in [0.1, 0.15) is 18.5 Å². The molecular weight excluding hydrogens is 350 g/mol. The molecule has 1 N–H and O–H groups in total. The van der Waals surface area contributed by atoms with Gasteiger partial charge in [0.25, 0.3) is 0 Å². The number of rotatable bonds is 6. The third kappa shape index (κ3) is 4.16. The van der Waals surface area contributed by atoms with E-state index in [1.807, 2.05) is 30.3 Å². The molecule has 0 spiro atoms. The van der Waals surface area contributed by atoms with Gasteiger partial charge in [0.15, 0.2) is 0 Å². The second-order valence-corrected chi connectivity index (χ2v) is 8.40. The lowest BCUT2D eigenvalue weighted by Crippen LogP contribution is -2.35. The fourth-order valence-electron chi connectivity index (χ4n) is 4.02. The first-order valence-corrected chi connectivity index (χ1v) is 9.84. The van der Waals surface area contributed by atoms with Crippen LogP contribution in [-0.4, -0.2) is 52.5 Å². The van der Waals surface area contributed by atoms with Crippen molar-refractivity contribution in [2.24, 2.45) is 5.41 Å². The zero-order chi connectivity index (χ0) is 19.6. The zero-order valence-corrected chi connectivity index (χ0v) is 16.5. The molecule has 1 aliphatic heterocycles. The number of nitrogens with zero attached hydrogens (tertiary/aromatic N) is 3. The normalized spacial score (nSPS) is 17.7. The highest BCUT2D eigenvalue weighted by Crippen LogP contribution is 2.34. The Bertz CT molecular complexity index is 943. The molecule has 0 aliphatic carbocycles. The maximum Gasteiger partial charge on any atom is 0.127 e. The summed E-state index contributed by atoms with van der Waals surface area (Å²) in [4.78, 5) is 2.33. The van der Waals surface area contributed by atoms with Crippen molar-refractivity contribution in [3.8, 4) is 16.9 Å². The van der Waals surface area contributed by atoms with Crippen LogP contribution in [0.4, 0.5) is 0 Å². The predicted molar refractivity (Wildman–Crippen MR) is 111 cm³/mol. The molecule has 28 heavy (non-hydrogen) atoms. The first-order chi connectivity index (χ1) is 13.5. The van der Waals surface area contributed by atoms with Crippen LogP contribution < -0.4 is 4.74 Å². The van der Waals surface area contributed by atoms with E-state index in [-0.39, 0.29) is 6.61 Å². The zero-order valence-electron chi connectivity index (χ0n) is 16.5. The van der Waals surface area contributed by atoms with Crippen LogP contribution in [-0.2, 0) is 0 Å². The maximum absolute atomic E-state index is 10.5. The van der Waals surface area contributed by atoms with Gasteiger partial charge in [-0.1, -0.05) is 38.1 Å². The van der Waals surface area contributed by atoms with Gasteiger partial charge in [0.05, 0.1) is 12.4 Å². The molecular formula is C23H27N3O2. The van der Waals surface area contributed by atoms with E-state index in [9.17, 15) is 5.11 Å². The van der Waals surface area contributed by atoms with Gasteiger partial charge in [0.2, 0.25) is 0 Å². The minimum Gasteiger partial charge on any atom is -0.490 e. The number of aliphatic hydroxyl groups is 1. The number of fused-ring (bicyclic) bond motifs is 1. The van der Waals surface area contributed by atoms with Gasteiger partial charge in [-0.3, -0.25) is 0 Å². The Balaban J connectivity index is 1.49. The lowest BCUT2D eigenvalue weighted by Gasteiger charge is -2.22. The van der Waals surface area contributed by atoms with E-state index in [1.165, 1.54) is 6.42 Å². The van der Waals surface area contributed by atoms with Crippen molar-refractivity contribution in [3.05, 3.63) is 54.9 Å². The summed E-state index contributed by atoms with van der Waals surface area (Å²) < 4.78 is 6.03. The molecule has 0 radical (unpaired) electrons. The summed E-state index contributed by atoms with van der Waals surface area (Å²) in [7, 11) is 0. The Hall–Kier alpha value is -2.50. The molecule has 5 nitrogen and oxygen atoms in total. The highest BCUT2D eigenvalue weighted by Gasteiger charge is 2.30. The van der Waals surface area contributed by atoms with Gasteiger partial charge in [-0.05, 0) is 47.5 Å². The van der Waals surface area contributed by atoms with E-state index in [1.54, 1.807) is 12.4 Å². The summed E-state index contributed by atoms with van der Waals surface area (Å²) in [6.07, 6.45) is 4.14. The first kappa shape index (κ1) is 18.8. The van der Waals surface area contributed by atoms with Crippen LogP contribution in [0, 0.1) is 5.41 Å². The van der Waals surface area contributed by atoms with Crippen LogP contribution in [0.1, 0.15) is 20.3 Å². The molecule has 4 rings (SSSR count). The van der Waals surface area contributed by atoms with Crippen molar-refractivity contribution >= 4 is 10.8 Å². The molecule has 2 aromatic carbocycles. The molecule has 2 heterocycles. The molecule has 1 fully saturated rings. The molecule has 1 aliphatic rings. The third-order valence-electron chi connectivity index (χ3n) is 5.44. The van der Waals surface area contributed by atoms with E-state index in [2.05, 4.69) is 41.1 Å². The van der Waals surface area contributed by atoms with Gasteiger partial charge in [-0.25, -0.2) is 0 Å². The van der Waals surface area contributed by atoms with Crippen molar-refractivity contribution in [1.29, 1.82) is 0 Å². The summed E-state index contributed by atoms with van der Waals surface area (Å²) in [5.74, 6) is 0.794. The van der Waals surface area contributed by atoms with E-state index < -0.39 is 6.10 Å². The van der Waals surface area contributed by atoms with Crippen LogP contribution >= 0.6 is 0 Å². The number of benzene rings is 2. The summed E-state index contributed by atoms with van der Waals surface area (Å²) in [6.45, 7) is 7.58. The summed E-state index contributed by atoms with van der Waals surface area (Å²) in [6, 6.07) is 14.1. The lowest BCUT2D eigenvalue weighted by atomic mass is 9.93. The molecule has 1 saturated heterocycles. The van der Waals surface area contributed by atoms with E-state index in [0.717, 1.165) is 40.7 Å². The molecule has 5 heteroatoms. The topological polar surface area (TPSA) is 58.5 Å². The Morgan fingerprint density at radius 2 is 1.93 bits per heavy atom. The molecule has 1 unspecified atom stereocenters. The molecule has 1 atom stereocenters. The quantitative estimate of drug-likeness (QED) is 0.709. The van der Waals surface area contributed by atoms with Gasteiger partial charge < -0.3 is 14.7 Å². The first-order valence-electron chi connectivity index (χ1n) is 9.84. The predicted octanol–water partition coefficient (Wildman–Crippen LogP) is 3.77. The van der Waals surface area contributed by atoms with Crippen LogP contribution in [0.25, 0.3) is 21.9 Å². The monoisotopic (exact) mass is 377 g/mol. The van der Waals surface area contributed by atoms with Crippen molar-refractivity contribution < 1.29 is 9.84 Å². The Kier molecular flexibility index (Phi) is 5.29. The Morgan fingerprint density at radius 3 is 2.64 bits per heavy atom. The minimum atomic E-state index is -0.503. The minimum absolute atomic E-state index is 0.289. The number of β-amino-alcohol motifs (C(OH)–C–C–N with tert-alkyl or cyclic N) is 1. The van der Waals surface area contributed by atoms with Gasteiger partial charge in [-0.2, -0.15) is 10.2 Å². The average molecular weight is 377 g/mol. The number of hydrogen-bond acceptors (Lipinski definition) is 5. The van der Waals surface area contributed by atoms with Crippen molar-refractivity contribution in [2.75, 3.05) is 26.2 Å². The second kappa shape index (κ2) is 7.86. The lowest BCUT2D eigenvalue weighted by molar-refractivity contribution is 0.0736. The summed E-state index contributed by atoms with van der Waals surface area (Å²) >= 11 is 0. The van der Waals surface area contributed by atoms with Crippen molar-refractivity contribution in [3.63, 3.8) is 0 Å². The largest absolute Gasteiger partial charge is 0.490 e. The van der Waals surface area contributed by atoms with Crippen LogP contribution in [0.2, 0.25) is 0 Å². The number of aromatic nitrogens is 2. The van der Waals surface area contributed by atoms with E-state index in [4.69, 9.17) is 4.74 Å². The highest BCUT2D eigenvalue weighted by atomic mass is 16.5. The van der Waals surface area contributed by atoms with Gasteiger partial charge in [0, 0.05) is 24.0 Å². The molecule has 146 valence electrons. The van der Waals surface area contributed by atoms with Gasteiger partial charge >= 0.3 is 0 Å². The number of hydrogen-bond donors (Lipinski definition) is 1. The van der Waals surface area contributed by atoms with E-state index >= 15 is 0 Å². The SMILES string of the molecule is CC1(C)CCN(CC(O)COc2ccc(-c3ccnnc3)c3ccccc23)C1. The van der Waals surface area contributed by atoms with Crippen LogP contribution in [0.5, 0.6) is 5.75 Å². The van der Waals surface area contributed by atoms with Crippen LogP contribution in [0.15, 0.2) is 54.9 Å². The fraction of sp³-hybridized carbons (Fsp3) is 0.391. The molecule has 1 aromatic heterocycles. The average Bonchev–Trinajstić information content (AvgIpc) is 3.05. The molecule has 3 aromatic rings. The molecule has 0 bridgehead atoms. The van der Waals surface area contributed by atoms with Crippen LogP contribution in [0.3, 0.4) is 0 Å². The highest BCUT2D eigenvalue weighted by molar-refractivity contribution is 5.99. The third-order valence-corrected chi connectivity index (χ3v) is 5.44. The standard InChI is InChI=1S/C23H27N3O2/c1-23(2)10-12-26(16-23)14-18(27)15-28-22-8-7-19(17-9-11-24-25-13-17)20-5-3-4-6-21(20)22/h3-9,11,13,18,27H,10,12,14-16H2,1-2H3. The van der Waals surface area contributed by atoms with Gasteiger partial charge in [-0.15, -0.1) is 0 Å². The maximum atomic E-state index is 10.5. The van der Waals surface area contributed by atoms with E-state index in [0.29, 0.717) is 12.0 Å². The number of likely N-dealkylation sites (tertiary alicyclic amines) is 1. The number of aliphatic hydroxyl groups excluding tert-OH is 1. The number of ether oxygens (including phenoxy) is 1. The Labute approximate surface area is 166 Å². The second-order valence-electron chi connectivity index (χ2n) is 8.40. The smallest absolute Gasteiger partial charge is 0.127 e. The molecule has 0 saturated carbocycles. The Morgan fingerprint density at radius 1 is 1.11 bits per heavy atom. The summed E-state index contributed by atoms with van der Waals surface area (Å²) in [5, 5.41) is 20.4. The van der Waals surface area contributed by atoms with Crippen molar-refractivity contribution in [1.82, 2.24) is 15.1 Å². The molecule has 0 amide bonds. The fourth-order valence-corrected chi connectivity index (χ4v) is 4.02.